The van der Waals surface area contributed by atoms with E-state index in [2.05, 4.69) is 0 Å². The van der Waals surface area contributed by atoms with E-state index in [9.17, 15) is 17.6 Å². The Morgan fingerprint density at radius 2 is 1.82 bits per heavy atom. The summed E-state index contributed by atoms with van der Waals surface area (Å²) in [4.78, 5) is 11.6. The summed E-state index contributed by atoms with van der Waals surface area (Å²) in [7, 11) is -3.81. The summed E-state index contributed by atoms with van der Waals surface area (Å²) in [6, 6.07) is 9.26. The molecule has 0 aromatic heterocycles. The molecule has 2 N–H and O–H groups in total. The maximum absolute atomic E-state index is 13.9. The van der Waals surface area contributed by atoms with Gasteiger partial charge in [-0.2, -0.15) is 0 Å². The highest BCUT2D eigenvalue weighted by atomic mass is 32.2. The van der Waals surface area contributed by atoms with Gasteiger partial charge in [0.05, 0.1) is 17.1 Å². The lowest BCUT2D eigenvalue weighted by Crippen LogP contribution is -2.11. The van der Waals surface area contributed by atoms with Gasteiger partial charge in [0.25, 0.3) is 0 Å². The molecule has 0 aliphatic carbocycles. The summed E-state index contributed by atoms with van der Waals surface area (Å²) in [6.45, 7) is 1.89. The number of esters is 1. The van der Waals surface area contributed by atoms with Gasteiger partial charge in [-0.3, -0.25) is 0 Å². The van der Waals surface area contributed by atoms with Gasteiger partial charge in [-0.05, 0) is 42.8 Å². The number of nitrogens with two attached hydrogens (primary N) is 1. The van der Waals surface area contributed by atoms with Gasteiger partial charge < -0.3 is 4.74 Å². The van der Waals surface area contributed by atoms with Crippen LogP contribution in [0.15, 0.2) is 47.4 Å². The number of carbonyl (C=O) groups excluding carboxylic acids is 1. The van der Waals surface area contributed by atoms with Gasteiger partial charge in [-0.25, -0.2) is 22.7 Å². The Labute approximate surface area is 127 Å². The molecule has 2 aromatic carbocycles. The molecular formula is C15H14FNO4S. The predicted octanol–water partition coefficient (Wildman–Crippen LogP) is 2.32. The number of halogens is 1. The van der Waals surface area contributed by atoms with Crippen molar-refractivity contribution in [2.24, 2.45) is 5.14 Å². The zero-order chi connectivity index (χ0) is 16.3. The van der Waals surface area contributed by atoms with Gasteiger partial charge in [0.15, 0.2) is 0 Å². The molecule has 2 rings (SSSR count). The summed E-state index contributed by atoms with van der Waals surface area (Å²) in [5, 5.41) is 5.01. The van der Waals surface area contributed by atoms with Crippen LogP contribution in [0.4, 0.5) is 4.39 Å². The van der Waals surface area contributed by atoms with Crippen LogP contribution in [-0.2, 0) is 14.8 Å². The maximum Gasteiger partial charge on any atom is 0.338 e. The Morgan fingerprint density at radius 3 is 2.36 bits per heavy atom. The monoisotopic (exact) mass is 323 g/mol. The second-order valence-electron chi connectivity index (χ2n) is 4.48. The van der Waals surface area contributed by atoms with Crippen molar-refractivity contribution < 1.29 is 22.3 Å². The van der Waals surface area contributed by atoms with E-state index in [0.29, 0.717) is 5.56 Å². The number of carbonyl (C=O) groups is 1. The fraction of sp³-hybridized carbons (Fsp3) is 0.133. The van der Waals surface area contributed by atoms with Crippen molar-refractivity contribution in [2.75, 3.05) is 6.61 Å². The minimum Gasteiger partial charge on any atom is -0.462 e. The van der Waals surface area contributed by atoms with Crippen LogP contribution in [0.3, 0.4) is 0 Å². The first kappa shape index (κ1) is 16.1. The third-order valence-electron chi connectivity index (χ3n) is 2.97. The summed E-state index contributed by atoms with van der Waals surface area (Å²) in [5.41, 5.74) is 0.816. The first-order valence-electron chi connectivity index (χ1n) is 6.43. The van der Waals surface area contributed by atoms with Crippen LogP contribution >= 0.6 is 0 Å². The molecule has 5 nitrogen and oxygen atoms in total. The fourth-order valence-electron chi connectivity index (χ4n) is 1.91. The minimum absolute atomic E-state index is 0.0711. The van der Waals surface area contributed by atoms with Gasteiger partial charge in [-0.1, -0.05) is 12.1 Å². The van der Waals surface area contributed by atoms with Crippen molar-refractivity contribution in [3.05, 3.63) is 53.8 Å². The fourth-order valence-corrected chi connectivity index (χ4v) is 2.43. The molecule has 2 aromatic rings. The van der Waals surface area contributed by atoms with Crippen LogP contribution in [0.25, 0.3) is 11.1 Å². The third-order valence-corrected chi connectivity index (χ3v) is 3.90. The molecule has 0 spiro atoms. The van der Waals surface area contributed by atoms with Crippen molar-refractivity contribution >= 4 is 16.0 Å². The number of hydrogen-bond donors (Lipinski definition) is 1. The van der Waals surface area contributed by atoms with Crippen LogP contribution in [0.2, 0.25) is 0 Å². The normalized spacial score (nSPS) is 11.2. The van der Waals surface area contributed by atoms with Crippen molar-refractivity contribution in [2.45, 2.75) is 11.8 Å². The molecule has 0 bridgehead atoms. The Bertz CT molecular complexity index is 801. The Balaban J connectivity index is 2.44. The molecule has 0 aliphatic rings. The zero-order valence-electron chi connectivity index (χ0n) is 11.7. The van der Waals surface area contributed by atoms with Crippen molar-refractivity contribution in [3.8, 4) is 11.1 Å². The summed E-state index contributed by atoms with van der Waals surface area (Å²) < 4.78 is 41.2. The molecule has 0 unspecified atom stereocenters. The standard InChI is InChI=1S/C15H14FNO4S/c1-2-21-15(18)11-5-8-14(16)13(9-11)10-3-6-12(7-4-10)22(17,19)20/h3-9H,2H2,1H3,(H2,17,19,20). The molecular weight excluding hydrogens is 309 g/mol. The van der Waals surface area contributed by atoms with E-state index in [0.717, 1.165) is 6.07 Å². The highest BCUT2D eigenvalue weighted by Crippen LogP contribution is 2.25. The van der Waals surface area contributed by atoms with E-state index < -0.39 is 21.8 Å². The highest BCUT2D eigenvalue weighted by Gasteiger charge is 2.13. The Kier molecular flexibility index (Phi) is 4.58. The quantitative estimate of drug-likeness (QED) is 0.875. The number of primary sulfonamides is 1. The second kappa shape index (κ2) is 6.25. The maximum atomic E-state index is 13.9. The Hall–Kier alpha value is -2.25. The third kappa shape index (κ3) is 3.49. The summed E-state index contributed by atoms with van der Waals surface area (Å²) >= 11 is 0. The minimum atomic E-state index is -3.81. The number of ether oxygens (including phenoxy) is 1. The number of hydrogen-bond acceptors (Lipinski definition) is 4. The molecule has 7 heteroatoms. The molecule has 0 amide bonds. The topological polar surface area (TPSA) is 86.5 Å². The van der Waals surface area contributed by atoms with E-state index in [1.165, 1.54) is 36.4 Å². The van der Waals surface area contributed by atoms with Crippen molar-refractivity contribution in [3.63, 3.8) is 0 Å². The molecule has 22 heavy (non-hydrogen) atoms. The SMILES string of the molecule is CCOC(=O)c1ccc(F)c(-c2ccc(S(N)(=O)=O)cc2)c1. The molecule has 0 atom stereocenters. The van der Waals surface area contributed by atoms with E-state index in [4.69, 9.17) is 9.88 Å². The van der Waals surface area contributed by atoms with Crippen LogP contribution in [0.1, 0.15) is 17.3 Å². The molecule has 0 fully saturated rings. The molecule has 0 saturated carbocycles. The first-order chi connectivity index (χ1) is 10.3. The van der Waals surface area contributed by atoms with E-state index >= 15 is 0 Å². The molecule has 0 saturated heterocycles. The van der Waals surface area contributed by atoms with Crippen LogP contribution in [0.5, 0.6) is 0 Å². The van der Waals surface area contributed by atoms with Gasteiger partial charge in [0.1, 0.15) is 5.82 Å². The zero-order valence-corrected chi connectivity index (χ0v) is 12.6. The summed E-state index contributed by atoms with van der Waals surface area (Å²) in [6.07, 6.45) is 0. The average Bonchev–Trinajstić information content (AvgIpc) is 2.47. The van der Waals surface area contributed by atoms with Crippen LogP contribution < -0.4 is 5.14 Å². The lowest BCUT2D eigenvalue weighted by Gasteiger charge is -2.07. The Morgan fingerprint density at radius 1 is 1.18 bits per heavy atom. The van der Waals surface area contributed by atoms with Crippen LogP contribution in [0, 0.1) is 5.82 Å². The summed E-state index contributed by atoms with van der Waals surface area (Å²) in [5.74, 6) is -1.08. The number of sulfonamides is 1. The van der Waals surface area contributed by atoms with Crippen molar-refractivity contribution in [1.82, 2.24) is 0 Å². The number of benzene rings is 2. The molecule has 116 valence electrons. The number of rotatable bonds is 4. The molecule has 0 radical (unpaired) electrons. The van der Waals surface area contributed by atoms with Crippen molar-refractivity contribution in [1.29, 1.82) is 0 Å². The van der Waals surface area contributed by atoms with Gasteiger partial charge in [-0.15, -0.1) is 0 Å². The van der Waals surface area contributed by atoms with E-state index in [1.807, 2.05) is 0 Å². The smallest absolute Gasteiger partial charge is 0.338 e. The highest BCUT2D eigenvalue weighted by molar-refractivity contribution is 7.89. The van der Waals surface area contributed by atoms with Crippen LogP contribution in [-0.4, -0.2) is 21.0 Å². The first-order valence-corrected chi connectivity index (χ1v) is 7.97. The van der Waals surface area contributed by atoms with E-state index in [-0.39, 0.29) is 22.6 Å². The molecule has 0 heterocycles. The van der Waals surface area contributed by atoms with Gasteiger partial charge in [0.2, 0.25) is 10.0 Å². The average molecular weight is 323 g/mol. The van der Waals surface area contributed by atoms with Gasteiger partial charge in [0, 0.05) is 5.56 Å². The van der Waals surface area contributed by atoms with E-state index in [1.54, 1.807) is 6.92 Å². The van der Waals surface area contributed by atoms with Gasteiger partial charge >= 0.3 is 5.97 Å². The lowest BCUT2D eigenvalue weighted by atomic mass is 10.0. The second-order valence-corrected chi connectivity index (χ2v) is 6.05. The molecule has 0 aliphatic heterocycles. The largest absolute Gasteiger partial charge is 0.462 e. The predicted molar refractivity (Wildman–Crippen MR) is 79.2 cm³/mol. The lowest BCUT2D eigenvalue weighted by molar-refractivity contribution is 0.0526.